The third-order valence-electron chi connectivity index (χ3n) is 7.50. The third kappa shape index (κ3) is 3.24. The molecular weight excluding hydrogens is 478 g/mol. The van der Waals surface area contributed by atoms with Crippen molar-refractivity contribution in [1.82, 2.24) is 0 Å². The molecular formula is C28H27NO8. The van der Waals surface area contributed by atoms with Gasteiger partial charge in [0.05, 0.1) is 32.8 Å². The standard InChI is InChI=1S/C28H27NO8/c1-34-18-11-9-17(10-12-18)28-22(15-7-5-4-6-8-15)21(26(32)36-3)24(30)27(28,33)23-19(35-2)13-16(25(29)31)14-20(23)37-28/h4-14,21-22,24,30,33H,1-3H3,(H2,29,31)/t21-,22-,24-,27+,28+/m1/s1. The lowest BCUT2D eigenvalue weighted by Crippen LogP contribution is -2.52. The lowest BCUT2D eigenvalue weighted by Gasteiger charge is -2.40. The molecule has 1 amide bonds. The van der Waals surface area contributed by atoms with E-state index >= 15 is 0 Å². The molecule has 9 nitrogen and oxygen atoms in total. The first-order valence-electron chi connectivity index (χ1n) is 11.6. The first-order valence-corrected chi connectivity index (χ1v) is 11.6. The number of aliphatic hydroxyl groups excluding tert-OH is 1. The van der Waals surface area contributed by atoms with Gasteiger partial charge in [-0.3, -0.25) is 9.59 Å². The number of methoxy groups -OCH3 is 3. The van der Waals surface area contributed by atoms with Gasteiger partial charge in [-0.25, -0.2) is 0 Å². The van der Waals surface area contributed by atoms with Crippen LogP contribution in [0.5, 0.6) is 17.2 Å². The van der Waals surface area contributed by atoms with Gasteiger partial charge in [-0.1, -0.05) is 42.5 Å². The summed E-state index contributed by atoms with van der Waals surface area (Å²) in [4.78, 5) is 25.3. The molecule has 5 atom stereocenters. The zero-order valence-corrected chi connectivity index (χ0v) is 20.5. The number of esters is 1. The van der Waals surface area contributed by atoms with Crippen LogP contribution < -0.4 is 19.9 Å². The van der Waals surface area contributed by atoms with Crippen LogP contribution in [0.2, 0.25) is 0 Å². The quantitative estimate of drug-likeness (QED) is 0.434. The molecule has 0 bridgehead atoms. The molecule has 0 radical (unpaired) electrons. The van der Waals surface area contributed by atoms with E-state index in [2.05, 4.69) is 0 Å². The topological polar surface area (TPSA) is 138 Å². The number of nitrogens with two attached hydrogens (primary N) is 1. The average molecular weight is 506 g/mol. The molecule has 1 heterocycles. The van der Waals surface area contributed by atoms with Gasteiger partial charge in [0.25, 0.3) is 0 Å². The highest BCUT2D eigenvalue weighted by Gasteiger charge is 2.78. The number of carbonyl (C=O) groups excluding carboxylic acids is 2. The molecule has 3 aromatic rings. The average Bonchev–Trinajstić information content (AvgIpc) is 3.30. The summed E-state index contributed by atoms with van der Waals surface area (Å²) in [5.74, 6) is -2.81. The fourth-order valence-corrected chi connectivity index (χ4v) is 5.95. The maximum atomic E-state index is 13.2. The van der Waals surface area contributed by atoms with Crippen molar-refractivity contribution in [3.8, 4) is 17.2 Å². The highest BCUT2D eigenvalue weighted by Crippen LogP contribution is 2.70. The number of hydrogen-bond acceptors (Lipinski definition) is 8. The van der Waals surface area contributed by atoms with Gasteiger partial charge in [0.15, 0.2) is 11.2 Å². The Morgan fingerprint density at radius 3 is 2.22 bits per heavy atom. The van der Waals surface area contributed by atoms with Crippen LogP contribution in [0.3, 0.4) is 0 Å². The molecule has 1 saturated carbocycles. The molecule has 0 spiro atoms. The Bertz CT molecular complexity index is 1360. The number of amides is 1. The smallest absolute Gasteiger partial charge is 0.312 e. The molecule has 0 unspecified atom stereocenters. The molecule has 3 aromatic carbocycles. The maximum Gasteiger partial charge on any atom is 0.312 e. The molecule has 4 N–H and O–H groups in total. The Labute approximate surface area is 213 Å². The van der Waals surface area contributed by atoms with Gasteiger partial charge in [-0.2, -0.15) is 0 Å². The van der Waals surface area contributed by atoms with Crippen LogP contribution in [0, 0.1) is 5.92 Å². The first-order chi connectivity index (χ1) is 17.7. The fraction of sp³-hybridized carbons (Fsp3) is 0.286. The van der Waals surface area contributed by atoms with Crippen molar-refractivity contribution < 1.29 is 38.7 Å². The number of hydrogen-bond donors (Lipinski definition) is 3. The van der Waals surface area contributed by atoms with E-state index < -0.39 is 41.0 Å². The van der Waals surface area contributed by atoms with Crippen molar-refractivity contribution in [3.63, 3.8) is 0 Å². The Morgan fingerprint density at radius 2 is 1.65 bits per heavy atom. The third-order valence-corrected chi connectivity index (χ3v) is 7.50. The summed E-state index contributed by atoms with van der Waals surface area (Å²) in [5.41, 5.74) is 2.92. The number of carbonyl (C=O) groups is 2. The monoisotopic (exact) mass is 505 g/mol. The van der Waals surface area contributed by atoms with E-state index in [-0.39, 0.29) is 22.6 Å². The SMILES string of the molecule is COC(=O)[C@H]1[C@@H](O)[C@@]2(O)c3c(OC)cc(C(N)=O)cc3O[C@@]2(c2ccc(OC)cc2)[C@@H]1c1ccccc1. The van der Waals surface area contributed by atoms with Crippen molar-refractivity contribution in [2.45, 2.75) is 23.2 Å². The van der Waals surface area contributed by atoms with Crippen molar-refractivity contribution in [2.24, 2.45) is 11.7 Å². The van der Waals surface area contributed by atoms with Crippen LogP contribution in [0.25, 0.3) is 0 Å². The second-order valence-corrected chi connectivity index (χ2v) is 9.13. The van der Waals surface area contributed by atoms with E-state index in [1.165, 1.54) is 33.5 Å². The van der Waals surface area contributed by atoms with E-state index in [4.69, 9.17) is 24.7 Å². The van der Waals surface area contributed by atoms with Crippen molar-refractivity contribution in [2.75, 3.05) is 21.3 Å². The van der Waals surface area contributed by atoms with Crippen LogP contribution >= 0.6 is 0 Å². The summed E-state index contributed by atoms with van der Waals surface area (Å²) in [6.07, 6.45) is -1.68. The highest BCUT2D eigenvalue weighted by atomic mass is 16.5. The summed E-state index contributed by atoms with van der Waals surface area (Å²) in [6.45, 7) is 0. The molecule has 0 saturated heterocycles. The van der Waals surface area contributed by atoms with Crippen LogP contribution in [-0.2, 0) is 20.7 Å². The second-order valence-electron chi connectivity index (χ2n) is 9.13. The maximum absolute atomic E-state index is 13.2. The largest absolute Gasteiger partial charge is 0.497 e. The number of primary amides is 1. The minimum absolute atomic E-state index is 0.0839. The Hall–Kier alpha value is -4.08. The van der Waals surface area contributed by atoms with Gasteiger partial charge < -0.3 is 34.9 Å². The van der Waals surface area contributed by atoms with Gasteiger partial charge in [0.1, 0.15) is 23.4 Å². The molecule has 192 valence electrons. The number of aliphatic hydroxyl groups is 2. The van der Waals surface area contributed by atoms with Crippen LogP contribution in [-0.4, -0.2) is 49.5 Å². The number of benzene rings is 3. The highest BCUT2D eigenvalue weighted by molar-refractivity contribution is 5.94. The molecule has 2 aliphatic rings. The number of ether oxygens (including phenoxy) is 4. The fourth-order valence-electron chi connectivity index (χ4n) is 5.95. The summed E-state index contributed by atoms with van der Waals surface area (Å²) >= 11 is 0. The lowest BCUT2D eigenvalue weighted by atomic mass is 9.70. The lowest BCUT2D eigenvalue weighted by molar-refractivity contribution is -0.161. The normalized spacial score (nSPS) is 27.5. The molecule has 1 aliphatic carbocycles. The summed E-state index contributed by atoms with van der Waals surface area (Å²) in [5, 5.41) is 24.5. The van der Waals surface area contributed by atoms with Crippen LogP contribution in [0.4, 0.5) is 0 Å². The Balaban J connectivity index is 1.89. The number of rotatable bonds is 6. The second kappa shape index (κ2) is 8.79. The van der Waals surface area contributed by atoms with Crippen molar-refractivity contribution in [1.29, 1.82) is 0 Å². The summed E-state index contributed by atoms with van der Waals surface area (Å²) in [7, 11) is 4.12. The predicted molar refractivity (Wildman–Crippen MR) is 131 cm³/mol. The van der Waals surface area contributed by atoms with Gasteiger partial charge in [0.2, 0.25) is 5.91 Å². The summed E-state index contributed by atoms with van der Waals surface area (Å²) < 4.78 is 22.6. The van der Waals surface area contributed by atoms with E-state index in [1.807, 2.05) is 6.07 Å². The van der Waals surface area contributed by atoms with Gasteiger partial charge in [-0.15, -0.1) is 0 Å². The Morgan fingerprint density at radius 1 is 0.973 bits per heavy atom. The van der Waals surface area contributed by atoms with E-state index in [9.17, 15) is 19.8 Å². The molecule has 0 aromatic heterocycles. The zero-order valence-electron chi connectivity index (χ0n) is 20.5. The van der Waals surface area contributed by atoms with E-state index in [1.54, 1.807) is 48.5 Å². The van der Waals surface area contributed by atoms with Gasteiger partial charge >= 0.3 is 5.97 Å². The molecule has 1 fully saturated rings. The zero-order chi connectivity index (χ0) is 26.5. The Kier molecular flexibility index (Phi) is 5.85. The molecule has 1 aliphatic heterocycles. The van der Waals surface area contributed by atoms with Gasteiger partial charge in [0, 0.05) is 11.5 Å². The van der Waals surface area contributed by atoms with E-state index in [0.717, 1.165) is 0 Å². The predicted octanol–water partition coefficient (Wildman–Crippen LogP) is 2.23. The minimum Gasteiger partial charge on any atom is -0.497 e. The van der Waals surface area contributed by atoms with E-state index in [0.29, 0.717) is 16.9 Å². The van der Waals surface area contributed by atoms with Gasteiger partial charge in [-0.05, 0) is 35.4 Å². The molecule has 37 heavy (non-hydrogen) atoms. The number of fused-ring (bicyclic) bond motifs is 3. The first kappa shape index (κ1) is 24.6. The summed E-state index contributed by atoms with van der Waals surface area (Å²) in [6, 6.07) is 18.6. The molecule has 9 heteroatoms. The van der Waals surface area contributed by atoms with Crippen LogP contribution in [0.1, 0.15) is 33.0 Å². The minimum atomic E-state index is -2.20. The van der Waals surface area contributed by atoms with Crippen molar-refractivity contribution >= 4 is 11.9 Å². The van der Waals surface area contributed by atoms with Crippen LogP contribution in [0.15, 0.2) is 66.7 Å². The van der Waals surface area contributed by atoms with Crippen molar-refractivity contribution in [3.05, 3.63) is 89.0 Å². The molecule has 5 rings (SSSR count).